The molecule has 68 heavy (non-hydrogen) atoms. The third-order valence-corrected chi connectivity index (χ3v) is 24.6. The Morgan fingerprint density at radius 3 is 1.59 bits per heavy atom. The van der Waals surface area contributed by atoms with Crippen molar-refractivity contribution in [2.75, 3.05) is 67.8 Å². The van der Waals surface area contributed by atoms with Crippen LogP contribution >= 0.6 is 0 Å². The molecule has 0 radical (unpaired) electrons. The average Bonchev–Trinajstić information content (AvgIpc) is 3.26. The predicted molar refractivity (Wildman–Crippen MR) is 283 cm³/mol. The second-order valence-corrected chi connectivity index (χ2v) is 33.0. The Bertz CT molecular complexity index is 2110. The molecule has 0 aromatic heterocycles. The number of hydrogen-bond donors (Lipinski definition) is 1. The topological polar surface area (TPSA) is 99.2 Å². The maximum Gasteiger partial charge on any atom is 0.193 e. The molecule has 0 amide bonds. The summed E-state index contributed by atoms with van der Waals surface area (Å²) in [5.74, 6) is 13.9. The van der Waals surface area contributed by atoms with Gasteiger partial charge in [-0.2, -0.15) is 0 Å². The monoisotopic (exact) mass is 975 g/mol. The van der Waals surface area contributed by atoms with E-state index in [-0.39, 0.29) is 34.0 Å². The van der Waals surface area contributed by atoms with E-state index < -0.39 is 22.2 Å². The average molecular weight is 976 g/mol. The van der Waals surface area contributed by atoms with Crippen LogP contribution in [-0.4, -0.2) is 111 Å². The van der Waals surface area contributed by atoms with Gasteiger partial charge in [-0.3, -0.25) is 14.6 Å². The zero-order chi connectivity index (χ0) is 51.0. The number of carbonyl (C=O) groups excluding carboxylic acids is 1. The van der Waals surface area contributed by atoms with Gasteiger partial charge in [-0.05, 0) is 120 Å². The SMILES string of the molecule is C#CCO[Si](C)(C)C(C)(C)C.COc1cc2c(cc1OC)[C@H]1CC(=O)[C@H](CC(C)C)CN1CC2.COc1cc2c(cc1OC)[C@H]1C[C@](O)(C#CCO[Si](C)(C)C(C)(C)C)[C@H](CC(C)C)CN1CC2. The van der Waals surface area contributed by atoms with E-state index in [2.05, 4.69) is 147 Å². The molecule has 6 rings (SSSR count). The van der Waals surface area contributed by atoms with Crippen molar-refractivity contribution in [3.8, 4) is 47.2 Å². The number of benzene rings is 2. The van der Waals surface area contributed by atoms with Crippen molar-refractivity contribution in [1.82, 2.24) is 9.80 Å². The van der Waals surface area contributed by atoms with Gasteiger partial charge < -0.3 is 32.9 Å². The minimum absolute atomic E-state index is 0.116. The van der Waals surface area contributed by atoms with Gasteiger partial charge >= 0.3 is 0 Å². The Balaban J connectivity index is 0.000000254. The fourth-order valence-corrected chi connectivity index (χ4v) is 11.3. The van der Waals surface area contributed by atoms with E-state index in [1.165, 1.54) is 22.3 Å². The first-order valence-corrected chi connectivity index (χ1v) is 30.9. The first kappa shape index (κ1) is 57.2. The highest BCUT2D eigenvalue weighted by atomic mass is 28.4. The molecule has 0 unspecified atom stereocenters. The Labute approximate surface area is 415 Å². The molecule has 0 spiro atoms. The molecule has 2 fully saturated rings. The molecular weight excluding hydrogens is 885 g/mol. The highest BCUT2D eigenvalue weighted by Crippen LogP contribution is 2.48. The van der Waals surface area contributed by atoms with Gasteiger partial charge in [0.15, 0.2) is 39.6 Å². The summed E-state index contributed by atoms with van der Waals surface area (Å²) in [6.07, 6.45) is 10.3. The van der Waals surface area contributed by atoms with Crippen molar-refractivity contribution in [1.29, 1.82) is 0 Å². The smallest absolute Gasteiger partial charge is 0.193 e. The summed E-state index contributed by atoms with van der Waals surface area (Å²) in [4.78, 5) is 17.6. The fraction of sp³-hybridized carbons (Fsp3) is 0.696. The molecule has 4 aliphatic rings. The molecule has 0 bridgehead atoms. The third kappa shape index (κ3) is 14.2. The van der Waals surface area contributed by atoms with Crippen LogP contribution < -0.4 is 18.9 Å². The van der Waals surface area contributed by atoms with Crippen molar-refractivity contribution in [3.63, 3.8) is 0 Å². The summed E-state index contributed by atoms with van der Waals surface area (Å²) in [5, 5.41) is 12.4. The number of nitrogens with zero attached hydrogens (tertiary/aromatic N) is 2. The maximum atomic E-state index is 12.6. The van der Waals surface area contributed by atoms with Crippen LogP contribution in [0.25, 0.3) is 0 Å². The number of hydrogen-bond acceptors (Lipinski definition) is 10. The van der Waals surface area contributed by atoms with Crippen LogP contribution in [-0.2, 0) is 26.5 Å². The van der Waals surface area contributed by atoms with Crippen molar-refractivity contribution in [2.24, 2.45) is 23.7 Å². The van der Waals surface area contributed by atoms with Crippen LogP contribution in [0.15, 0.2) is 24.3 Å². The highest BCUT2D eigenvalue weighted by Gasteiger charge is 2.47. The molecule has 2 aromatic rings. The van der Waals surface area contributed by atoms with Crippen LogP contribution in [0.3, 0.4) is 0 Å². The Hall–Kier alpha value is -3.34. The Morgan fingerprint density at radius 1 is 0.706 bits per heavy atom. The molecule has 0 aliphatic carbocycles. The van der Waals surface area contributed by atoms with Gasteiger partial charge in [0.1, 0.15) is 11.4 Å². The third-order valence-electron chi connectivity index (χ3n) is 15.6. The number of rotatable bonds is 12. The molecule has 0 saturated carbocycles. The van der Waals surface area contributed by atoms with Crippen molar-refractivity contribution >= 4 is 22.4 Å². The molecule has 2 saturated heterocycles. The first-order chi connectivity index (χ1) is 31.6. The summed E-state index contributed by atoms with van der Waals surface area (Å²) in [6.45, 7) is 35.6. The lowest BCUT2D eigenvalue weighted by Crippen LogP contribution is -2.54. The van der Waals surface area contributed by atoms with Gasteiger partial charge in [-0.15, -0.1) is 6.42 Å². The largest absolute Gasteiger partial charge is 0.493 e. The standard InChI is InChI=1S/C28H45NO4Si.C19H27NO3.C9H18OSi/c1-20(2)15-22-19-29-13-11-21-16-25(31-6)26(32-7)17-23(21)24(29)18-28(22,30)12-10-14-33-34(8,9)27(3,4)5;1-12(2)7-14-11-20-6-5-13-8-18(22-3)19(23-4)9-15(13)16(20)10-17(14)21;1-7-8-10-11(5,6)9(2,3)4/h16-17,20,22,24,30H,11,13-15,18-19H2,1-9H3;8-9,12,14,16H,5-7,10-11H2,1-4H3;1H,8H2,2-6H3/t22-,24-,28-;14-,16-;/m11./s1. The zero-order valence-corrected chi connectivity index (χ0v) is 47.5. The molecule has 2 aromatic carbocycles. The number of carbonyl (C=O) groups is 1. The van der Waals surface area contributed by atoms with Gasteiger partial charge in [0.05, 0.1) is 41.7 Å². The molecular formula is C56H90N2O8Si2. The number of piperidine rings is 2. The summed E-state index contributed by atoms with van der Waals surface area (Å²) in [7, 11) is 3.24. The Kier molecular flexibility index (Phi) is 20.0. The van der Waals surface area contributed by atoms with Gasteiger partial charge in [0.25, 0.3) is 0 Å². The number of terminal acetylenes is 1. The van der Waals surface area contributed by atoms with Gasteiger partial charge in [-0.1, -0.05) is 87.0 Å². The molecule has 1 N–H and O–H groups in total. The number of ether oxygens (including phenoxy) is 4. The normalized spacial score (nSPS) is 22.9. The van der Waals surface area contributed by atoms with E-state index in [0.717, 1.165) is 74.9 Å². The fourth-order valence-electron chi connectivity index (χ4n) is 9.54. The van der Waals surface area contributed by atoms with Gasteiger partial charge in [0.2, 0.25) is 0 Å². The van der Waals surface area contributed by atoms with Crippen molar-refractivity contribution < 1.29 is 37.7 Å². The van der Waals surface area contributed by atoms with E-state index >= 15 is 0 Å². The molecule has 12 heteroatoms. The quantitative estimate of drug-likeness (QED) is 0.164. The second-order valence-electron chi connectivity index (χ2n) is 23.4. The van der Waals surface area contributed by atoms with Crippen LogP contribution in [0, 0.1) is 47.9 Å². The molecule has 10 nitrogen and oxygen atoms in total. The number of Topliss-reactive ketones (excluding diaryl/α,β-unsaturated/α-hetero) is 1. The minimum Gasteiger partial charge on any atom is -0.493 e. The van der Waals surface area contributed by atoms with Gasteiger partial charge in [0, 0.05) is 62.9 Å². The van der Waals surface area contributed by atoms with Crippen molar-refractivity contribution in [3.05, 3.63) is 46.5 Å². The van der Waals surface area contributed by atoms with E-state index in [4.69, 9.17) is 34.2 Å². The molecule has 380 valence electrons. The first-order valence-electron chi connectivity index (χ1n) is 25.1. The molecule has 4 heterocycles. The van der Waals surface area contributed by atoms with Crippen LogP contribution in [0.2, 0.25) is 36.3 Å². The summed E-state index contributed by atoms with van der Waals surface area (Å²) in [6, 6.07) is 8.67. The van der Waals surface area contributed by atoms with Crippen LogP contribution in [0.4, 0.5) is 0 Å². The zero-order valence-electron chi connectivity index (χ0n) is 45.5. The Morgan fingerprint density at radius 2 is 1.15 bits per heavy atom. The number of methoxy groups -OCH3 is 4. The lowest BCUT2D eigenvalue weighted by Gasteiger charge is -2.50. The van der Waals surface area contributed by atoms with Gasteiger partial charge in [-0.25, -0.2) is 0 Å². The minimum atomic E-state index is -1.87. The highest BCUT2D eigenvalue weighted by molar-refractivity contribution is 6.74. The molecule has 5 atom stereocenters. The lowest BCUT2D eigenvalue weighted by molar-refractivity contribution is -0.129. The van der Waals surface area contributed by atoms with E-state index in [0.29, 0.717) is 43.7 Å². The van der Waals surface area contributed by atoms with E-state index in [1.807, 2.05) is 0 Å². The van der Waals surface area contributed by atoms with Crippen LogP contribution in [0.1, 0.15) is 129 Å². The summed E-state index contributed by atoms with van der Waals surface area (Å²) >= 11 is 0. The van der Waals surface area contributed by atoms with Crippen LogP contribution in [0.5, 0.6) is 23.0 Å². The van der Waals surface area contributed by atoms with E-state index in [9.17, 15) is 9.90 Å². The van der Waals surface area contributed by atoms with Crippen molar-refractivity contribution in [2.45, 2.75) is 162 Å². The summed E-state index contributed by atoms with van der Waals surface area (Å²) in [5.41, 5.74) is 4.00. The summed E-state index contributed by atoms with van der Waals surface area (Å²) < 4.78 is 33.9. The maximum absolute atomic E-state index is 12.6. The number of fused-ring (bicyclic) bond motifs is 6. The second kappa shape index (κ2) is 23.7. The number of ketones is 1. The predicted octanol–water partition coefficient (Wildman–Crippen LogP) is 11.3. The lowest BCUT2D eigenvalue weighted by atomic mass is 9.71. The number of aliphatic hydroxyl groups is 1. The molecule has 4 aliphatic heterocycles. The van der Waals surface area contributed by atoms with E-state index in [1.54, 1.807) is 28.4 Å².